The smallest absolute Gasteiger partial charge is 0.222 e. The van der Waals surface area contributed by atoms with E-state index in [9.17, 15) is 4.79 Å². The van der Waals surface area contributed by atoms with Gasteiger partial charge in [0.2, 0.25) is 5.91 Å². The number of anilines is 2. The molecule has 0 aromatic carbocycles. The van der Waals surface area contributed by atoms with Crippen molar-refractivity contribution in [3.05, 3.63) is 12.1 Å². The normalized spacial score (nSPS) is 15.4. The summed E-state index contributed by atoms with van der Waals surface area (Å²) in [6.07, 6.45) is 0.636. The van der Waals surface area contributed by atoms with E-state index in [-0.39, 0.29) is 5.91 Å². The first-order chi connectivity index (χ1) is 10.1. The molecule has 1 amide bonds. The van der Waals surface area contributed by atoms with Crippen molar-refractivity contribution in [3.63, 3.8) is 0 Å². The Morgan fingerprint density at radius 2 is 1.95 bits per heavy atom. The van der Waals surface area contributed by atoms with Crippen LogP contribution >= 0.6 is 0 Å². The monoisotopic (exact) mass is 291 g/mol. The number of carbonyl (C=O) groups is 1. The molecule has 0 atom stereocenters. The van der Waals surface area contributed by atoms with Crippen molar-refractivity contribution >= 4 is 17.5 Å². The van der Waals surface area contributed by atoms with Crippen LogP contribution in [0, 0.1) is 5.92 Å². The number of hydrogen-bond donors (Lipinski definition) is 1. The Hall–Kier alpha value is -1.85. The first-order valence-electron chi connectivity index (χ1n) is 7.70. The molecule has 1 aromatic heterocycles. The van der Waals surface area contributed by atoms with Crippen LogP contribution in [0.1, 0.15) is 27.2 Å². The SMILES string of the molecule is CCNc1ccc(N2CCN(C(=O)CC(C)C)CC2)nn1. The molecule has 0 saturated carbocycles. The van der Waals surface area contributed by atoms with Gasteiger partial charge in [0.25, 0.3) is 0 Å². The number of aromatic nitrogens is 2. The van der Waals surface area contributed by atoms with Gasteiger partial charge in [-0.2, -0.15) is 0 Å². The predicted molar refractivity (Wildman–Crippen MR) is 84.4 cm³/mol. The number of nitrogens with one attached hydrogen (secondary N) is 1. The Kier molecular flexibility index (Phi) is 5.36. The minimum Gasteiger partial charge on any atom is -0.369 e. The third-order valence-electron chi connectivity index (χ3n) is 3.55. The highest BCUT2D eigenvalue weighted by Gasteiger charge is 2.22. The zero-order valence-electron chi connectivity index (χ0n) is 13.2. The maximum absolute atomic E-state index is 12.0. The Morgan fingerprint density at radius 3 is 2.48 bits per heavy atom. The van der Waals surface area contributed by atoms with Crippen molar-refractivity contribution in [3.8, 4) is 0 Å². The van der Waals surface area contributed by atoms with Crippen molar-refractivity contribution in [1.29, 1.82) is 0 Å². The lowest BCUT2D eigenvalue weighted by Crippen LogP contribution is -2.49. The second-order valence-corrected chi connectivity index (χ2v) is 5.77. The van der Waals surface area contributed by atoms with Crippen molar-refractivity contribution in [2.75, 3.05) is 42.9 Å². The highest BCUT2D eigenvalue weighted by Crippen LogP contribution is 2.15. The average molecular weight is 291 g/mol. The summed E-state index contributed by atoms with van der Waals surface area (Å²) in [7, 11) is 0. The van der Waals surface area contributed by atoms with E-state index in [1.807, 2.05) is 24.0 Å². The van der Waals surface area contributed by atoms with Crippen LogP contribution in [0.25, 0.3) is 0 Å². The van der Waals surface area contributed by atoms with Crippen LogP contribution in [0.15, 0.2) is 12.1 Å². The van der Waals surface area contributed by atoms with Crippen LogP contribution in [0.5, 0.6) is 0 Å². The summed E-state index contributed by atoms with van der Waals surface area (Å²) in [6, 6.07) is 3.93. The number of piperazine rings is 1. The number of rotatable bonds is 5. The molecule has 6 nitrogen and oxygen atoms in total. The largest absolute Gasteiger partial charge is 0.369 e. The van der Waals surface area contributed by atoms with Gasteiger partial charge in [-0.3, -0.25) is 4.79 Å². The van der Waals surface area contributed by atoms with E-state index in [2.05, 4.69) is 34.3 Å². The standard InChI is InChI=1S/C15H25N5O/c1-4-16-13-5-6-14(18-17-13)19-7-9-20(10-8-19)15(21)11-12(2)3/h5-6,12H,4,7-11H2,1-3H3,(H,16,17). The van der Waals surface area contributed by atoms with E-state index < -0.39 is 0 Å². The van der Waals surface area contributed by atoms with Crippen molar-refractivity contribution in [2.45, 2.75) is 27.2 Å². The quantitative estimate of drug-likeness (QED) is 0.893. The molecule has 6 heteroatoms. The van der Waals surface area contributed by atoms with E-state index in [1.54, 1.807) is 0 Å². The van der Waals surface area contributed by atoms with E-state index in [1.165, 1.54) is 0 Å². The first-order valence-corrected chi connectivity index (χ1v) is 7.70. The first kappa shape index (κ1) is 15.5. The van der Waals surface area contributed by atoms with Crippen LogP contribution in [-0.4, -0.2) is 53.7 Å². The summed E-state index contributed by atoms with van der Waals surface area (Å²) in [6.45, 7) is 10.2. The maximum atomic E-state index is 12.0. The highest BCUT2D eigenvalue weighted by atomic mass is 16.2. The maximum Gasteiger partial charge on any atom is 0.222 e. The van der Waals surface area contributed by atoms with Gasteiger partial charge in [-0.25, -0.2) is 0 Å². The molecule has 0 radical (unpaired) electrons. The summed E-state index contributed by atoms with van der Waals surface area (Å²) in [5.41, 5.74) is 0. The predicted octanol–water partition coefficient (Wildman–Crippen LogP) is 1.60. The van der Waals surface area contributed by atoms with Crippen LogP contribution in [0.2, 0.25) is 0 Å². The third kappa shape index (κ3) is 4.31. The van der Waals surface area contributed by atoms with Gasteiger partial charge in [0, 0.05) is 39.1 Å². The second kappa shape index (κ2) is 7.24. The number of amides is 1. The van der Waals surface area contributed by atoms with Crippen LogP contribution in [-0.2, 0) is 4.79 Å². The molecule has 1 aromatic rings. The van der Waals surface area contributed by atoms with Crippen molar-refractivity contribution in [2.24, 2.45) is 5.92 Å². The molecule has 1 saturated heterocycles. The van der Waals surface area contributed by atoms with Crippen LogP contribution in [0.3, 0.4) is 0 Å². The van der Waals surface area contributed by atoms with E-state index in [4.69, 9.17) is 0 Å². The van der Waals surface area contributed by atoms with E-state index >= 15 is 0 Å². The van der Waals surface area contributed by atoms with Gasteiger partial charge in [0.05, 0.1) is 0 Å². The van der Waals surface area contributed by atoms with Gasteiger partial charge >= 0.3 is 0 Å². The Labute approximate surface area is 126 Å². The molecule has 21 heavy (non-hydrogen) atoms. The molecule has 0 unspecified atom stereocenters. The van der Waals surface area contributed by atoms with Gasteiger partial charge in [0.1, 0.15) is 5.82 Å². The molecular weight excluding hydrogens is 266 g/mol. The summed E-state index contributed by atoms with van der Waals surface area (Å²) >= 11 is 0. The molecule has 1 aliphatic rings. The topological polar surface area (TPSA) is 61.4 Å². The Bertz CT molecular complexity index is 452. The molecule has 2 heterocycles. The minimum atomic E-state index is 0.262. The Morgan fingerprint density at radius 1 is 1.24 bits per heavy atom. The van der Waals surface area contributed by atoms with Gasteiger partial charge < -0.3 is 15.1 Å². The average Bonchev–Trinajstić information content (AvgIpc) is 2.48. The van der Waals surface area contributed by atoms with Gasteiger partial charge in [-0.1, -0.05) is 13.8 Å². The van der Waals surface area contributed by atoms with Gasteiger partial charge in [-0.05, 0) is 25.0 Å². The molecule has 1 fully saturated rings. The van der Waals surface area contributed by atoms with Gasteiger partial charge in [0.15, 0.2) is 5.82 Å². The lowest BCUT2D eigenvalue weighted by Gasteiger charge is -2.35. The fourth-order valence-corrected chi connectivity index (χ4v) is 2.43. The number of carbonyl (C=O) groups excluding carboxylic acids is 1. The molecule has 2 rings (SSSR count). The molecular formula is C15H25N5O. The van der Waals surface area contributed by atoms with Crippen molar-refractivity contribution < 1.29 is 4.79 Å². The third-order valence-corrected chi connectivity index (χ3v) is 3.55. The van der Waals surface area contributed by atoms with Crippen LogP contribution < -0.4 is 10.2 Å². The second-order valence-electron chi connectivity index (χ2n) is 5.77. The molecule has 1 N–H and O–H groups in total. The summed E-state index contributed by atoms with van der Waals surface area (Å²) in [5.74, 6) is 2.36. The highest BCUT2D eigenvalue weighted by molar-refractivity contribution is 5.76. The fraction of sp³-hybridized carbons (Fsp3) is 0.667. The van der Waals surface area contributed by atoms with E-state index in [0.29, 0.717) is 12.3 Å². The number of nitrogens with zero attached hydrogens (tertiary/aromatic N) is 4. The van der Waals surface area contributed by atoms with Crippen LogP contribution in [0.4, 0.5) is 11.6 Å². The molecule has 0 aliphatic carbocycles. The lowest BCUT2D eigenvalue weighted by atomic mass is 10.1. The molecule has 1 aliphatic heterocycles. The summed E-state index contributed by atoms with van der Waals surface area (Å²) in [5, 5.41) is 11.5. The minimum absolute atomic E-state index is 0.262. The Balaban J connectivity index is 1.87. The fourth-order valence-electron chi connectivity index (χ4n) is 2.43. The molecule has 0 bridgehead atoms. The zero-order chi connectivity index (χ0) is 15.2. The van der Waals surface area contributed by atoms with Crippen molar-refractivity contribution in [1.82, 2.24) is 15.1 Å². The van der Waals surface area contributed by atoms with Gasteiger partial charge in [-0.15, -0.1) is 10.2 Å². The molecule has 116 valence electrons. The summed E-state index contributed by atoms with van der Waals surface area (Å²) in [4.78, 5) is 16.2. The zero-order valence-corrected chi connectivity index (χ0v) is 13.2. The number of hydrogen-bond acceptors (Lipinski definition) is 5. The lowest BCUT2D eigenvalue weighted by molar-refractivity contribution is -0.132. The van der Waals surface area contributed by atoms with E-state index in [0.717, 1.165) is 44.4 Å². The summed E-state index contributed by atoms with van der Waals surface area (Å²) < 4.78 is 0. The molecule has 0 spiro atoms.